The van der Waals surface area contributed by atoms with Gasteiger partial charge in [0.1, 0.15) is 0 Å². The highest BCUT2D eigenvalue weighted by molar-refractivity contribution is 7.03. The van der Waals surface area contributed by atoms with Crippen LogP contribution in [0.2, 0.25) is 0 Å². The predicted molar refractivity (Wildman–Crippen MR) is 58.2 cm³/mol. The Morgan fingerprint density at radius 3 is 2.93 bits per heavy atom. The molecule has 0 aliphatic heterocycles. The van der Waals surface area contributed by atoms with E-state index < -0.39 is 0 Å². The normalized spacial score (nSPS) is 19.2. The number of aromatic nitrogens is 2. The first kappa shape index (κ1) is 10.1. The van der Waals surface area contributed by atoms with Gasteiger partial charge in [0.25, 0.3) is 0 Å². The van der Waals surface area contributed by atoms with Crippen molar-refractivity contribution in [1.29, 1.82) is 0 Å². The van der Waals surface area contributed by atoms with E-state index >= 15 is 0 Å². The molecule has 0 amide bonds. The second-order valence-corrected chi connectivity index (χ2v) is 4.82. The van der Waals surface area contributed by atoms with Crippen LogP contribution < -0.4 is 5.32 Å². The molecule has 1 aliphatic carbocycles. The van der Waals surface area contributed by atoms with Gasteiger partial charge in [-0.1, -0.05) is 17.8 Å². The standard InChI is InChI=1S/C10H17N3S/c1-2-10(4-3-5-10)8-11-6-9-7-14-13-12-9/h7,11H,2-6,8H2,1H3. The Hall–Kier alpha value is -0.480. The Labute approximate surface area is 89.1 Å². The second-order valence-electron chi connectivity index (χ2n) is 4.21. The summed E-state index contributed by atoms with van der Waals surface area (Å²) >= 11 is 1.42. The summed E-state index contributed by atoms with van der Waals surface area (Å²) in [6, 6.07) is 0. The molecular formula is C10H17N3S. The molecule has 3 nitrogen and oxygen atoms in total. The van der Waals surface area contributed by atoms with E-state index in [2.05, 4.69) is 21.8 Å². The zero-order valence-corrected chi connectivity index (χ0v) is 9.44. The first-order valence-electron chi connectivity index (χ1n) is 5.31. The fraction of sp³-hybridized carbons (Fsp3) is 0.800. The minimum Gasteiger partial charge on any atom is -0.311 e. The molecule has 1 saturated carbocycles. The molecule has 78 valence electrons. The Kier molecular flexibility index (Phi) is 3.13. The van der Waals surface area contributed by atoms with Crippen LogP contribution in [0.25, 0.3) is 0 Å². The number of hydrogen-bond donors (Lipinski definition) is 1. The van der Waals surface area contributed by atoms with Crippen LogP contribution in [0.4, 0.5) is 0 Å². The topological polar surface area (TPSA) is 37.8 Å². The molecule has 14 heavy (non-hydrogen) atoms. The maximum atomic E-state index is 4.01. The highest BCUT2D eigenvalue weighted by Gasteiger charge is 2.34. The van der Waals surface area contributed by atoms with Crippen molar-refractivity contribution in [3.05, 3.63) is 11.1 Å². The highest BCUT2D eigenvalue weighted by atomic mass is 32.1. The zero-order chi connectivity index (χ0) is 9.86. The summed E-state index contributed by atoms with van der Waals surface area (Å²) in [6.45, 7) is 4.31. The molecule has 1 N–H and O–H groups in total. The molecule has 0 radical (unpaired) electrons. The molecule has 0 spiro atoms. The van der Waals surface area contributed by atoms with Gasteiger partial charge in [-0.2, -0.15) is 0 Å². The number of nitrogens with one attached hydrogen (secondary N) is 1. The van der Waals surface area contributed by atoms with E-state index in [1.807, 2.05) is 5.38 Å². The van der Waals surface area contributed by atoms with Crippen molar-refractivity contribution < 1.29 is 0 Å². The van der Waals surface area contributed by atoms with Gasteiger partial charge in [0.05, 0.1) is 5.69 Å². The van der Waals surface area contributed by atoms with E-state index in [-0.39, 0.29) is 0 Å². The minimum atomic E-state index is 0.601. The van der Waals surface area contributed by atoms with E-state index in [0.717, 1.165) is 18.8 Å². The quantitative estimate of drug-likeness (QED) is 0.811. The lowest BCUT2D eigenvalue weighted by Gasteiger charge is -2.41. The van der Waals surface area contributed by atoms with E-state index in [1.54, 1.807) is 0 Å². The van der Waals surface area contributed by atoms with Crippen molar-refractivity contribution in [2.24, 2.45) is 5.41 Å². The van der Waals surface area contributed by atoms with Crippen LogP contribution >= 0.6 is 11.5 Å². The Balaban J connectivity index is 1.72. The lowest BCUT2D eigenvalue weighted by atomic mass is 9.67. The third kappa shape index (κ3) is 2.12. The van der Waals surface area contributed by atoms with Gasteiger partial charge in [-0.25, -0.2) is 0 Å². The summed E-state index contributed by atoms with van der Waals surface area (Å²) in [5.74, 6) is 0. The first-order chi connectivity index (χ1) is 6.85. The predicted octanol–water partition coefficient (Wildman–Crippen LogP) is 2.21. The molecule has 1 aromatic heterocycles. The summed E-state index contributed by atoms with van der Waals surface area (Å²) in [4.78, 5) is 0. The molecule has 2 rings (SSSR count). The highest BCUT2D eigenvalue weighted by Crippen LogP contribution is 2.43. The van der Waals surface area contributed by atoms with Crippen LogP contribution in [-0.2, 0) is 6.54 Å². The van der Waals surface area contributed by atoms with E-state index in [1.165, 1.54) is 37.2 Å². The monoisotopic (exact) mass is 211 g/mol. The average molecular weight is 211 g/mol. The average Bonchev–Trinajstić information content (AvgIpc) is 2.62. The van der Waals surface area contributed by atoms with Crippen molar-refractivity contribution in [2.45, 2.75) is 39.2 Å². The first-order valence-corrected chi connectivity index (χ1v) is 6.15. The maximum absolute atomic E-state index is 4.01. The van der Waals surface area contributed by atoms with Gasteiger partial charge in [0.2, 0.25) is 0 Å². The van der Waals surface area contributed by atoms with Crippen molar-refractivity contribution in [1.82, 2.24) is 14.9 Å². The maximum Gasteiger partial charge on any atom is 0.0893 e. The minimum absolute atomic E-state index is 0.601. The van der Waals surface area contributed by atoms with Gasteiger partial charge in [-0.3, -0.25) is 0 Å². The summed E-state index contributed by atoms with van der Waals surface area (Å²) in [5, 5.41) is 9.50. The summed E-state index contributed by atoms with van der Waals surface area (Å²) in [6.07, 6.45) is 5.50. The smallest absolute Gasteiger partial charge is 0.0893 e. The Morgan fingerprint density at radius 1 is 1.57 bits per heavy atom. The van der Waals surface area contributed by atoms with Crippen LogP contribution in [-0.4, -0.2) is 16.1 Å². The fourth-order valence-corrected chi connectivity index (χ4v) is 2.50. The van der Waals surface area contributed by atoms with E-state index in [4.69, 9.17) is 0 Å². The molecule has 1 aromatic rings. The van der Waals surface area contributed by atoms with Crippen LogP contribution in [0.15, 0.2) is 5.38 Å². The van der Waals surface area contributed by atoms with E-state index in [0.29, 0.717) is 5.41 Å². The van der Waals surface area contributed by atoms with Crippen molar-refractivity contribution in [3.63, 3.8) is 0 Å². The number of nitrogens with zero attached hydrogens (tertiary/aromatic N) is 2. The molecule has 0 atom stereocenters. The molecule has 0 bridgehead atoms. The van der Waals surface area contributed by atoms with Gasteiger partial charge >= 0.3 is 0 Å². The summed E-state index contributed by atoms with van der Waals surface area (Å²) < 4.78 is 3.84. The van der Waals surface area contributed by atoms with Gasteiger partial charge < -0.3 is 5.32 Å². The third-order valence-corrected chi connectivity index (χ3v) is 3.93. The lowest BCUT2D eigenvalue weighted by Crippen LogP contribution is -2.39. The lowest BCUT2D eigenvalue weighted by molar-refractivity contribution is 0.123. The Morgan fingerprint density at radius 2 is 2.43 bits per heavy atom. The molecule has 0 aromatic carbocycles. The van der Waals surface area contributed by atoms with Crippen LogP contribution in [0.3, 0.4) is 0 Å². The molecule has 0 saturated heterocycles. The van der Waals surface area contributed by atoms with Crippen molar-refractivity contribution in [2.75, 3.05) is 6.54 Å². The van der Waals surface area contributed by atoms with Crippen molar-refractivity contribution >= 4 is 11.5 Å². The Bertz CT molecular complexity index is 261. The zero-order valence-electron chi connectivity index (χ0n) is 8.62. The summed E-state index contributed by atoms with van der Waals surface area (Å²) in [7, 11) is 0. The number of rotatable bonds is 5. The van der Waals surface area contributed by atoms with Gasteiger partial charge in [-0.05, 0) is 36.2 Å². The van der Waals surface area contributed by atoms with Crippen LogP contribution in [0.5, 0.6) is 0 Å². The van der Waals surface area contributed by atoms with E-state index in [9.17, 15) is 0 Å². The molecular weight excluding hydrogens is 194 g/mol. The molecule has 1 heterocycles. The van der Waals surface area contributed by atoms with Gasteiger partial charge in [0.15, 0.2) is 0 Å². The second kappa shape index (κ2) is 4.36. The third-order valence-electron chi connectivity index (χ3n) is 3.38. The largest absolute Gasteiger partial charge is 0.311 e. The van der Waals surface area contributed by atoms with Gasteiger partial charge in [0, 0.05) is 18.5 Å². The number of hydrogen-bond acceptors (Lipinski definition) is 4. The SMILES string of the molecule is CCC1(CNCc2csnn2)CCC1. The van der Waals surface area contributed by atoms with Crippen LogP contribution in [0, 0.1) is 5.41 Å². The van der Waals surface area contributed by atoms with Gasteiger partial charge in [-0.15, -0.1) is 5.10 Å². The fourth-order valence-electron chi connectivity index (χ4n) is 2.05. The molecule has 1 aliphatic rings. The molecule has 0 unspecified atom stereocenters. The van der Waals surface area contributed by atoms with Crippen molar-refractivity contribution in [3.8, 4) is 0 Å². The summed E-state index contributed by atoms with van der Waals surface area (Å²) in [5.41, 5.74) is 1.67. The molecule has 1 fully saturated rings. The van der Waals surface area contributed by atoms with Crippen LogP contribution in [0.1, 0.15) is 38.3 Å². The molecule has 4 heteroatoms.